The topological polar surface area (TPSA) is 89.3 Å². The third-order valence-corrected chi connectivity index (χ3v) is 4.13. The maximum Gasteiger partial charge on any atom is 0.251 e. The van der Waals surface area contributed by atoms with Crippen molar-refractivity contribution >= 4 is 15.9 Å². The Bertz CT molecular complexity index is 577. The van der Waals surface area contributed by atoms with E-state index in [0.29, 0.717) is 5.56 Å². The number of carbonyl (C=O) groups is 1. The summed E-state index contributed by atoms with van der Waals surface area (Å²) < 4.78 is 22.5. The number of nitrogens with one attached hydrogen (secondary N) is 1. The lowest BCUT2D eigenvalue weighted by atomic mass is 9.92. The summed E-state index contributed by atoms with van der Waals surface area (Å²) in [4.78, 5) is 12.0. The van der Waals surface area contributed by atoms with Crippen molar-refractivity contribution < 1.29 is 13.2 Å². The molecular formula is C12H16N2O3S. The molecule has 0 heterocycles. The van der Waals surface area contributed by atoms with Crippen molar-refractivity contribution in [3.05, 3.63) is 29.3 Å². The van der Waals surface area contributed by atoms with Crippen LogP contribution in [0.4, 0.5) is 0 Å². The van der Waals surface area contributed by atoms with Crippen molar-refractivity contribution in [2.75, 3.05) is 0 Å². The first-order valence-corrected chi connectivity index (χ1v) is 7.37. The van der Waals surface area contributed by atoms with E-state index in [-0.39, 0.29) is 16.8 Å². The third-order valence-electron chi connectivity index (χ3n) is 3.22. The number of rotatable bonds is 3. The van der Waals surface area contributed by atoms with Crippen LogP contribution in [0.5, 0.6) is 0 Å². The highest BCUT2D eigenvalue weighted by Gasteiger charge is 2.21. The van der Waals surface area contributed by atoms with Crippen LogP contribution >= 0.6 is 0 Å². The summed E-state index contributed by atoms with van der Waals surface area (Å²) in [5.74, 6) is -0.234. The first-order chi connectivity index (χ1) is 8.38. The van der Waals surface area contributed by atoms with E-state index in [1.807, 2.05) is 0 Å². The minimum Gasteiger partial charge on any atom is -0.349 e. The van der Waals surface area contributed by atoms with Crippen LogP contribution in [0.3, 0.4) is 0 Å². The molecule has 1 aromatic carbocycles. The highest BCUT2D eigenvalue weighted by Crippen LogP contribution is 2.20. The van der Waals surface area contributed by atoms with Crippen LogP contribution in [0.2, 0.25) is 0 Å². The number of carbonyl (C=O) groups excluding carboxylic acids is 1. The maximum absolute atomic E-state index is 12.0. The fourth-order valence-electron chi connectivity index (χ4n) is 1.84. The standard InChI is InChI=1S/C12H16N2O3S/c1-8-5-6-10(18(13,16)17)7-11(8)12(15)14-9-3-2-4-9/h5-7,9H,2-4H2,1H3,(H,14,15)(H2,13,16,17). The van der Waals surface area contributed by atoms with Gasteiger partial charge in [-0.2, -0.15) is 0 Å². The molecule has 18 heavy (non-hydrogen) atoms. The van der Waals surface area contributed by atoms with Crippen molar-refractivity contribution in [3.8, 4) is 0 Å². The van der Waals surface area contributed by atoms with Gasteiger partial charge in [-0.15, -0.1) is 0 Å². The van der Waals surface area contributed by atoms with E-state index in [2.05, 4.69) is 5.32 Å². The summed E-state index contributed by atoms with van der Waals surface area (Å²) in [7, 11) is -3.78. The highest BCUT2D eigenvalue weighted by molar-refractivity contribution is 7.89. The van der Waals surface area contributed by atoms with Crippen LogP contribution in [0, 0.1) is 6.92 Å². The molecule has 1 saturated carbocycles. The van der Waals surface area contributed by atoms with Gasteiger partial charge in [0.25, 0.3) is 5.91 Å². The van der Waals surface area contributed by atoms with Gasteiger partial charge in [-0.25, -0.2) is 13.6 Å². The molecule has 0 bridgehead atoms. The van der Waals surface area contributed by atoms with Gasteiger partial charge >= 0.3 is 0 Å². The zero-order chi connectivity index (χ0) is 13.3. The zero-order valence-electron chi connectivity index (χ0n) is 10.1. The molecule has 1 aliphatic carbocycles. The van der Waals surface area contributed by atoms with E-state index < -0.39 is 10.0 Å². The summed E-state index contributed by atoms with van der Waals surface area (Å²) >= 11 is 0. The molecule has 2 rings (SSSR count). The predicted molar refractivity (Wildman–Crippen MR) is 67.7 cm³/mol. The predicted octanol–water partition coefficient (Wildman–Crippen LogP) is 0.925. The van der Waals surface area contributed by atoms with Gasteiger partial charge in [0.2, 0.25) is 10.0 Å². The van der Waals surface area contributed by atoms with Gasteiger partial charge in [0.1, 0.15) is 0 Å². The van der Waals surface area contributed by atoms with Crippen molar-refractivity contribution in [3.63, 3.8) is 0 Å². The summed E-state index contributed by atoms with van der Waals surface area (Å²) in [6.45, 7) is 1.77. The van der Waals surface area contributed by atoms with Crippen LogP contribution in [-0.2, 0) is 10.0 Å². The third kappa shape index (κ3) is 2.70. The molecule has 5 nitrogen and oxygen atoms in total. The Kier molecular flexibility index (Phi) is 3.41. The fraction of sp³-hybridized carbons (Fsp3) is 0.417. The lowest BCUT2D eigenvalue weighted by molar-refractivity contribution is 0.0916. The minimum absolute atomic E-state index is 0.0353. The Morgan fingerprint density at radius 2 is 2.06 bits per heavy atom. The lowest BCUT2D eigenvalue weighted by Gasteiger charge is -2.26. The molecule has 0 aromatic heterocycles. The van der Waals surface area contributed by atoms with E-state index in [9.17, 15) is 13.2 Å². The zero-order valence-corrected chi connectivity index (χ0v) is 11.0. The lowest BCUT2D eigenvalue weighted by Crippen LogP contribution is -2.39. The molecule has 0 saturated heterocycles. The number of amides is 1. The van der Waals surface area contributed by atoms with Crippen LogP contribution in [0.15, 0.2) is 23.1 Å². The molecule has 0 spiro atoms. The first-order valence-electron chi connectivity index (χ1n) is 5.82. The van der Waals surface area contributed by atoms with Gasteiger partial charge in [0.05, 0.1) is 4.90 Å². The van der Waals surface area contributed by atoms with E-state index in [1.54, 1.807) is 13.0 Å². The molecule has 6 heteroatoms. The smallest absolute Gasteiger partial charge is 0.251 e. The van der Waals surface area contributed by atoms with Gasteiger partial charge in [-0.05, 0) is 43.9 Å². The minimum atomic E-state index is -3.78. The Morgan fingerprint density at radius 3 is 2.56 bits per heavy atom. The van der Waals surface area contributed by atoms with Crippen LogP contribution < -0.4 is 10.5 Å². The molecule has 1 aromatic rings. The summed E-state index contributed by atoms with van der Waals surface area (Å²) in [6, 6.07) is 4.55. The Labute approximate surface area is 106 Å². The van der Waals surface area contributed by atoms with Gasteiger partial charge in [0, 0.05) is 11.6 Å². The van der Waals surface area contributed by atoms with Crippen molar-refractivity contribution in [1.82, 2.24) is 5.32 Å². The number of sulfonamides is 1. The second-order valence-corrected chi connectivity index (χ2v) is 6.18. The van der Waals surface area contributed by atoms with Crippen LogP contribution in [0.1, 0.15) is 35.2 Å². The molecule has 1 aliphatic rings. The number of hydrogen-bond acceptors (Lipinski definition) is 3. The maximum atomic E-state index is 12.0. The van der Waals surface area contributed by atoms with Gasteiger partial charge in [0.15, 0.2) is 0 Å². The molecule has 0 atom stereocenters. The normalized spacial score (nSPS) is 16.1. The Balaban J connectivity index is 2.28. The number of benzene rings is 1. The Morgan fingerprint density at radius 1 is 1.39 bits per heavy atom. The Hall–Kier alpha value is -1.40. The molecule has 0 radical (unpaired) electrons. The summed E-state index contributed by atoms with van der Waals surface area (Å²) in [6.07, 6.45) is 3.10. The average Bonchev–Trinajstić information content (AvgIpc) is 2.22. The van der Waals surface area contributed by atoms with Crippen LogP contribution in [0.25, 0.3) is 0 Å². The molecule has 0 aliphatic heterocycles. The highest BCUT2D eigenvalue weighted by atomic mass is 32.2. The van der Waals surface area contributed by atoms with Crippen molar-refractivity contribution in [1.29, 1.82) is 0 Å². The fourth-order valence-corrected chi connectivity index (χ4v) is 2.38. The van der Waals surface area contributed by atoms with Gasteiger partial charge < -0.3 is 5.32 Å². The number of hydrogen-bond donors (Lipinski definition) is 2. The first kappa shape index (κ1) is 13.0. The van der Waals surface area contributed by atoms with Crippen molar-refractivity contribution in [2.24, 2.45) is 5.14 Å². The molecule has 3 N–H and O–H groups in total. The van der Waals surface area contributed by atoms with Gasteiger partial charge in [-0.3, -0.25) is 4.79 Å². The number of nitrogens with two attached hydrogens (primary N) is 1. The summed E-state index contributed by atoms with van der Waals surface area (Å²) in [5.41, 5.74) is 1.10. The SMILES string of the molecule is Cc1ccc(S(N)(=O)=O)cc1C(=O)NC1CCC1. The monoisotopic (exact) mass is 268 g/mol. The number of primary sulfonamides is 1. The largest absolute Gasteiger partial charge is 0.349 e. The summed E-state index contributed by atoms with van der Waals surface area (Å²) in [5, 5.41) is 7.93. The average molecular weight is 268 g/mol. The van der Waals surface area contributed by atoms with E-state index in [4.69, 9.17) is 5.14 Å². The van der Waals surface area contributed by atoms with E-state index in [1.165, 1.54) is 12.1 Å². The van der Waals surface area contributed by atoms with E-state index in [0.717, 1.165) is 24.8 Å². The molecule has 98 valence electrons. The quantitative estimate of drug-likeness (QED) is 0.854. The number of aryl methyl sites for hydroxylation is 1. The van der Waals surface area contributed by atoms with E-state index >= 15 is 0 Å². The van der Waals surface area contributed by atoms with Gasteiger partial charge in [-0.1, -0.05) is 6.07 Å². The molecular weight excluding hydrogens is 252 g/mol. The second-order valence-electron chi connectivity index (χ2n) is 4.62. The van der Waals surface area contributed by atoms with Crippen molar-refractivity contribution in [2.45, 2.75) is 37.1 Å². The molecule has 0 unspecified atom stereocenters. The second kappa shape index (κ2) is 4.70. The molecule has 1 amide bonds. The van der Waals surface area contributed by atoms with Crippen LogP contribution in [-0.4, -0.2) is 20.4 Å². The molecule has 1 fully saturated rings.